The Morgan fingerprint density at radius 2 is 1.85 bits per heavy atom. The number of aliphatic hydroxyl groups excluding tert-OH is 1. The number of hydrogen-bond acceptors (Lipinski definition) is 2. The Labute approximate surface area is 124 Å². The molecule has 1 aromatic carbocycles. The van der Waals surface area contributed by atoms with Gasteiger partial charge in [0.05, 0.1) is 10.6 Å². The van der Waals surface area contributed by atoms with Crippen LogP contribution in [0.2, 0.25) is 0 Å². The van der Waals surface area contributed by atoms with Crippen LogP contribution in [0.5, 0.6) is 0 Å². The fourth-order valence-corrected chi connectivity index (χ4v) is 2.35. The average Bonchev–Trinajstić information content (AvgIpc) is 2.46. The Bertz CT molecular complexity index is 578. The van der Waals surface area contributed by atoms with E-state index in [1.54, 1.807) is 12.4 Å². The molecule has 0 spiro atoms. The smallest absolute Gasteiger partial charge is 0.143 e. The molecule has 2 aromatic rings. The number of halogens is 3. The van der Waals surface area contributed by atoms with Crippen molar-refractivity contribution in [2.75, 3.05) is 0 Å². The minimum absolute atomic E-state index is 0.0395. The summed E-state index contributed by atoms with van der Waals surface area (Å²) in [6.45, 7) is 0. The number of rotatable bonds is 5. The van der Waals surface area contributed by atoms with Crippen LogP contribution >= 0.6 is 15.9 Å². The highest BCUT2D eigenvalue weighted by molar-refractivity contribution is 9.10. The summed E-state index contributed by atoms with van der Waals surface area (Å²) in [5.74, 6) is -1.28. The molecule has 0 amide bonds. The van der Waals surface area contributed by atoms with Crippen LogP contribution < -0.4 is 0 Å². The molecule has 0 aliphatic carbocycles. The van der Waals surface area contributed by atoms with Crippen LogP contribution in [-0.2, 0) is 12.8 Å². The van der Waals surface area contributed by atoms with Crippen molar-refractivity contribution < 1.29 is 13.9 Å². The van der Waals surface area contributed by atoms with Crippen LogP contribution in [0.3, 0.4) is 0 Å². The second-order valence-electron chi connectivity index (χ2n) is 4.57. The van der Waals surface area contributed by atoms with Crippen LogP contribution in [-0.4, -0.2) is 16.2 Å². The molecule has 106 valence electrons. The minimum Gasteiger partial charge on any atom is -0.393 e. The van der Waals surface area contributed by atoms with Crippen molar-refractivity contribution in [3.8, 4) is 0 Å². The molecule has 0 saturated carbocycles. The van der Waals surface area contributed by atoms with Gasteiger partial charge in [0.2, 0.25) is 0 Å². The van der Waals surface area contributed by atoms with Gasteiger partial charge in [-0.15, -0.1) is 0 Å². The molecule has 0 bridgehead atoms. The van der Waals surface area contributed by atoms with E-state index >= 15 is 0 Å². The molecule has 1 atom stereocenters. The molecule has 1 aromatic heterocycles. The zero-order chi connectivity index (χ0) is 14.5. The van der Waals surface area contributed by atoms with Gasteiger partial charge in [0.15, 0.2) is 0 Å². The Morgan fingerprint density at radius 1 is 1.15 bits per heavy atom. The van der Waals surface area contributed by atoms with Crippen molar-refractivity contribution in [1.29, 1.82) is 0 Å². The lowest BCUT2D eigenvalue weighted by molar-refractivity contribution is 0.162. The van der Waals surface area contributed by atoms with Gasteiger partial charge in [-0.2, -0.15) is 0 Å². The van der Waals surface area contributed by atoms with Gasteiger partial charge >= 0.3 is 0 Å². The lowest BCUT2D eigenvalue weighted by Crippen LogP contribution is -2.14. The molecule has 2 nitrogen and oxygen atoms in total. The summed E-state index contributed by atoms with van der Waals surface area (Å²) in [6.07, 6.45) is 3.60. The van der Waals surface area contributed by atoms with E-state index < -0.39 is 17.7 Å². The number of aliphatic hydroxyl groups is 1. The Balaban J connectivity index is 1.98. The molecule has 20 heavy (non-hydrogen) atoms. The summed E-state index contributed by atoms with van der Waals surface area (Å²) in [4.78, 5) is 3.91. The third-order valence-corrected chi connectivity index (χ3v) is 3.71. The SMILES string of the molecule is OC(CCc1ccncc1)Cc1c(F)ccc(Br)c1F. The molecule has 0 aliphatic rings. The topological polar surface area (TPSA) is 33.1 Å². The number of benzene rings is 1. The molecule has 2 rings (SSSR count). The van der Waals surface area contributed by atoms with Crippen LogP contribution in [0, 0.1) is 11.6 Å². The molecule has 1 N–H and O–H groups in total. The fraction of sp³-hybridized carbons (Fsp3) is 0.267. The van der Waals surface area contributed by atoms with Gasteiger partial charge in [0.1, 0.15) is 11.6 Å². The summed E-state index contributed by atoms with van der Waals surface area (Å²) in [5.41, 5.74) is 0.954. The number of aryl methyl sites for hydroxylation is 1. The number of pyridine rings is 1. The van der Waals surface area contributed by atoms with Crippen molar-refractivity contribution in [3.05, 3.63) is 63.9 Å². The van der Waals surface area contributed by atoms with Gasteiger partial charge in [-0.25, -0.2) is 8.78 Å². The predicted molar refractivity (Wildman–Crippen MR) is 76.3 cm³/mol. The largest absolute Gasteiger partial charge is 0.393 e. The Hall–Kier alpha value is -1.33. The first-order valence-electron chi connectivity index (χ1n) is 6.27. The van der Waals surface area contributed by atoms with Gasteiger partial charge in [-0.05, 0) is 58.6 Å². The monoisotopic (exact) mass is 341 g/mol. The molecule has 0 fully saturated rings. The van der Waals surface area contributed by atoms with E-state index in [4.69, 9.17) is 0 Å². The zero-order valence-electron chi connectivity index (χ0n) is 10.7. The molecule has 1 heterocycles. The first-order chi connectivity index (χ1) is 9.58. The van der Waals surface area contributed by atoms with Crippen LogP contribution in [0.4, 0.5) is 8.78 Å². The molecule has 1 unspecified atom stereocenters. The maximum Gasteiger partial charge on any atom is 0.143 e. The number of aromatic nitrogens is 1. The van der Waals surface area contributed by atoms with Crippen molar-refractivity contribution in [2.24, 2.45) is 0 Å². The lowest BCUT2D eigenvalue weighted by Gasteiger charge is -2.12. The first kappa shape index (κ1) is 15.1. The highest BCUT2D eigenvalue weighted by atomic mass is 79.9. The number of hydrogen-bond donors (Lipinski definition) is 1. The fourth-order valence-electron chi connectivity index (χ4n) is 1.98. The van der Waals surface area contributed by atoms with Crippen molar-refractivity contribution in [2.45, 2.75) is 25.4 Å². The molecule has 0 aliphatic heterocycles. The molecule has 0 radical (unpaired) electrons. The summed E-state index contributed by atoms with van der Waals surface area (Å²) in [6, 6.07) is 6.22. The Morgan fingerprint density at radius 3 is 2.55 bits per heavy atom. The second-order valence-corrected chi connectivity index (χ2v) is 5.43. The predicted octanol–water partition coefficient (Wildman–Crippen LogP) is 3.66. The number of nitrogens with zero attached hydrogens (tertiary/aromatic N) is 1. The summed E-state index contributed by atoms with van der Waals surface area (Å²) in [5, 5.41) is 9.94. The quantitative estimate of drug-likeness (QED) is 0.842. The van der Waals surface area contributed by atoms with Crippen LogP contribution in [0.15, 0.2) is 41.1 Å². The maximum atomic E-state index is 13.8. The van der Waals surface area contributed by atoms with E-state index in [-0.39, 0.29) is 16.5 Å². The van der Waals surface area contributed by atoms with E-state index in [0.717, 1.165) is 5.56 Å². The Kier molecular flexibility index (Phi) is 5.20. The zero-order valence-corrected chi connectivity index (χ0v) is 12.3. The normalized spacial score (nSPS) is 12.4. The van der Waals surface area contributed by atoms with E-state index in [0.29, 0.717) is 12.8 Å². The highest BCUT2D eigenvalue weighted by Crippen LogP contribution is 2.23. The van der Waals surface area contributed by atoms with Gasteiger partial charge in [-0.1, -0.05) is 0 Å². The lowest BCUT2D eigenvalue weighted by atomic mass is 10.0. The summed E-state index contributed by atoms with van der Waals surface area (Å²) in [7, 11) is 0. The summed E-state index contributed by atoms with van der Waals surface area (Å²) < 4.78 is 27.6. The van der Waals surface area contributed by atoms with E-state index in [1.807, 2.05) is 12.1 Å². The first-order valence-corrected chi connectivity index (χ1v) is 7.06. The van der Waals surface area contributed by atoms with Crippen molar-refractivity contribution >= 4 is 15.9 Å². The van der Waals surface area contributed by atoms with E-state index in [2.05, 4.69) is 20.9 Å². The van der Waals surface area contributed by atoms with E-state index in [1.165, 1.54) is 12.1 Å². The summed E-state index contributed by atoms with van der Waals surface area (Å²) >= 11 is 3.02. The molecule has 5 heteroatoms. The van der Waals surface area contributed by atoms with E-state index in [9.17, 15) is 13.9 Å². The van der Waals surface area contributed by atoms with Crippen LogP contribution in [0.25, 0.3) is 0 Å². The van der Waals surface area contributed by atoms with Gasteiger partial charge in [0.25, 0.3) is 0 Å². The maximum absolute atomic E-state index is 13.8. The van der Waals surface area contributed by atoms with Crippen LogP contribution in [0.1, 0.15) is 17.5 Å². The highest BCUT2D eigenvalue weighted by Gasteiger charge is 2.16. The second kappa shape index (κ2) is 6.90. The van der Waals surface area contributed by atoms with Crippen molar-refractivity contribution in [3.63, 3.8) is 0 Å². The third-order valence-electron chi connectivity index (χ3n) is 3.09. The molecule has 0 saturated heterocycles. The van der Waals surface area contributed by atoms with Gasteiger partial charge < -0.3 is 5.11 Å². The molecular weight excluding hydrogens is 328 g/mol. The van der Waals surface area contributed by atoms with Crippen molar-refractivity contribution in [1.82, 2.24) is 4.98 Å². The van der Waals surface area contributed by atoms with Gasteiger partial charge in [0, 0.05) is 24.4 Å². The average molecular weight is 342 g/mol. The standard InChI is InChI=1S/C15H14BrF2NO/c16-13-3-4-14(17)12(15(13)18)9-11(20)2-1-10-5-7-19-8-6-10/h3-8,11,20H,1-2,9H2. The molecular formula is C15H14BrF2NO. The minimum atomic E-state index is -0.790. The third kappa shape index (κ3) is 3.84. The van der Waals surface area contributed by atoms with Gasteiger partial charge in [-0.3, -0.25) is 4.98 Å².